The van der Waals surface area contributed by atoms with Gasteiger partial charge in [-0.15, -0.1) is 0 Å². The first-order valence-electron chi connectivity index (χ1n) is 6.66. The molecule has 1 aliphatic heterocycles. The average Bonchev–Trinajstić information content (AvgIpc) is 2.39. The molecule has 2 rings (SSSR count). The summed E-state index contributed by atoms with van der Waals surface area (Å²) < 4.78 is 0. The first kappa shape index (κ1) is 14.2. The largest absolute Gasteiger partial charge is 0.397 e. The lowest BCUT2D eigenvalue weighted by atomic mass is 9.91. The maximum absolute atomic E-state index is 11.6. The highest BCUT2D eigenvalue weighted by atomic mass is 16.1. The van der Waals surface area contributed by atoms with Crippen LogP contribution in [0.25, 0.3) is 0 Å². The van der Waals surface area contributed by atoms with Crippen molar-refractivity contribution in [3.8, 4) is 0 Å². The molecule has 0 radical (unpaired) electrons. The van der Waals surface area contributed by atoms with Gasteiger partial charge in [-0.3, -0.25) is 9.59 Å². The van der Waals surface area contributed by atoms with E-state index in [0.29, 0.717) is 23.5 Å². The Balaban J connectivity index is 2.43. The molecule has 0 saturated carbocycles. The summed E-state index contributed by atoms with van der Waals surface area (Å²) in [5, 5.41) is 0. The van der Waals surface area contributed by atoms with E-state index in [1.54, 1.807) is 18.2 Å². The molecule has 1 aliphatic rings. The number of nitrogen functional groups attached to an aromatic ring is 1. The summed E-state index contributed by atoms with van der Waals surface area (Å²) >= 11 is 0. The number of hydrogen-bond acceptors (Lipinski definition) is 4. The summed E-state index contributed by atoms with van der Waals surface area (Å²) in [5.74, 6) is -1.08. The summed E-state index contributed by atoms with van der Waals surface area (Å²) in [5.41, 5.74) is 18.3. The van der Waals surface area contributed by atoms with Crippen LogP contribution in [0.1, 0.15) is 30.1 Å². The van der Waals surface area contributed by atoms with Crippen molar-refractivity contribution in [3.05, 3.63) is 23.8 Å². The Kier molecular flexibility index (Phi) is 3.83. The molecule has 1 aromatic rings. The zero-order valence-electron chi connectivity index (χ0n) is 11.5. The Hall–Kier alpha value is -2.24. The zero-order chi connectivity index (χ0) is 14.9. The van der Waals surface area contributed by atoms with Crippen LogP contribution in [0.3, 0.4) is 0 Å². The molecule has 6 N–H and O–H groups in total. The van der Waals surface area contributed by atoms with Crippen molar-refractivity contribution in [3.63, 3.8) is 0 Å². The number of carbonyl (C=O) groups is 2. The van der Waals surface area contributed by atoms with Gasteiger partial charge < -0.3 is 22.1 Å². The number of amides is 2. The fraction of sp³-hybridized carbons (Fsp3) is 0.429. The van der Waals surface area contributed by atoms with Crippen molar-refractivity contribution in [2.75, 3.05) is 17.2 Å². The Morgan fingerprint density at radius 2 is 1.95 bits per heavy atom. The molecule has 0 bridgehead atoms. The van der Waals surface area contributed by atoms with Gasteiger partial charge in [0.1, 0.15) is 0 Å². The van der Waals surface area contributed by atoms with Gasteiger partial charge in [0.25, 0.3) is 5.91 Å². The first-order chi connectivity index (χ1) is 9.41. The lowest BCUT2D eigenvalue weighted by molar-refractivity contribution is -0.122. The third-order valence-electron chi connectivity index (χ3n) is 3.90. The zero-order valence-corrected chi connectivity index (χ0v) is 11.5. The lowest BCUT2D eigenvalue weighted by Crippen LogP contribution is -2.46. The SMILES string of the molecule is CC1CCC(C(N)=O)CN1c1c(N)cccc1C(N)=O. The van der Waals surface area contributed by atoms with E-state index in [9.17, 15) is 9.59 Å². The van der Waals surface area contributed by atoms with Gasteiger partial charge in [0, 0.05) is 12.6 Å². The molecule has 2 atom stereocenters. The van der Waals surface area contributed by atoms with Crippen molar-refractivity contribution in [1.82, 2.24) is 0 Å². The minimum atomic E-state index is -0.527. The predicted octanol–water partition coefficient (Wildman–Crippen LogP) is 0.458. The first-order valence-corrected chi connectivity index (χ1v) is 6.66. The highest BCUT2D eigenvalue weighted by Crippen LogP contribution is 2.34. The predicted molar refractivity (Wildman–Crippen MR) is 78.1 cm³/mol. The number of nitrogens with two attached hydrogens (primary N) is 3. The number of carbonyl (C=O) groups excluding carboxylic acids is 2. The van der Waals surface area contributed by atoms with Crippen LogP contribution in [-0.4, -0.2) is 24.4 Å². The Morgan fingerprint density at radius 3 is 2.55 bits per heavy atom. The van der Waals surface area contributed by atoms with Crippen LogP contribution in [0.4, 0.5) is 11.4 Å². The molecule has 2 amide bonds. The van der Waals surface area contributed by atoms with Gasteiger partial charge in [-0.1, -0.05) is 6.07 Å². The van der Waals surface area contributed by atoms with Gasteiger partial charge in [-0.2, -0.15) is 0 Å². The molecule has 1 heterocycles. The maximum Gasteiger partial charge on any atom is 0.250 e. The van der Waals surface area contributed by atoms with Crippen LogP contribution in [0.5, 0.6) is 0 Å². The number of anilines is 2. The van der Waals surface area contributed by atoms with Crippen molar-refractivity contribution in [2.45, 2.75) is 25.8 Å². The number of primary amides is 2. The molecule has 1 aromatic carbocycles. The molecule has 1 fully saturated rings. The van der Waals surface area contributed by atoms with Gasteiger partial charge in [-0.25, -0.2) is 0 Å². The number of hydrogen-bond donors (Lipinski definition) is 3. The fourth-order valence-corrected chi connectivity index (χ4v) is 2.73. The topological polar surface area (TPSA) is 115 Å². The van der Waals surface area contributed by atoms with Crippen LogP contribution in [0.15, 0.2) is 18.2 Å². The van der Waals surface area contributed by atoms with Gasteiger partial charge in [-0.05, 0) is 31.9 Å². The number of benzene rings is 1. The molecule has 20 heavy (non-hydrogen) atoms. The maximum atomic E-state index is 11.6. The van der Waals surface area contributed by atoms with Crippen molar-refractivity contribution in [1.29, 1.82) is 0 Å². The molecule has 1 saturated heterocycles. The van der Waals surface area contributed by atoms with E-state index in [2.05, 4.69) is 0 Å². The number of rotatable bonds is 3. The highest BCUT2D eigenvalue weighted by molar-refractivity contribution is 6.01. The number of para-hydroxylation sites is 1. The molecular formula is C14H20N4O2. The fourth-order valence-electron chi connectivity index (χ4n) is 2.73. The van der Waals surface area contributed by atoms with Crippen LogP contribution in [-0.2, 0) is 4.79 Å². The van der Waals surface area contributed by atoms with Crippen LogP contribution in [0, 0.1) is 5.92 Å². The van der Waals surface area contributed by atoms with E-state index >= 15 is 0 Å². The molecule has 2 unspecified atom stereocenters. The highest BCUT2D eigenvalue weighted by Gasteiger charge is 2.31. The van der Waals surface area contributed by atoms with Crippen molar-refractivity contribution >= 4 is 23.2 Å². The minimum absolute atomic E-state index is 0.174. The minimum Gasteiger partial charge on any atom is -0.397 e. The molecule has 0 aromatic heterocycles. The summed E-state index contributed by atoms with van der Waals surface area (Å²) in [6, 6.07) is 5.24. The van der Waals surface area contributed by atoms with E-state index in [1.807, 2.05) is 11.8 Å². The smallest absolute Gasteiger partial charge is 0.250 e. The number of nitrogens with zero attached hydrogens (tertiary/aromatic N) is 1. The summed E-state index contributed by atoms with van der Waals surface area (Å²) in [7, 11) is 0. The van der Waals surface area contributed by atoms with Gasteiger partial charge in [0.05, 0.1) is 22.9 Å². The van der Waals surface area contributed by atoms with Crippen LogP contribution < -0.4 is 22.1 Å². The third kappa shape index (κ3) is 2.54. The molecule has 0 aliphatic carbocycles. The third-order valence-corrected chi connectivity index (χ3v) is 3.90. The summed E-state index contributed by atoms with van der Waals surface area (Å²) in [4.78, 5) is 25.0. The second kappa shape index (κ2) is 5.40. The summed E-state index contributed by atoms with van der Waals surface area (Å²) in [6.07, 6.45) is 1.58. The van der Waals surface area contributed by atoms with Gasteiger partial charge in [0.2, 0.25) is 5.91 Å². The second-order valence-electron chi connectivity index (χ2n) is 5.29. The van der Waals surface area contributed by atoms with Crippen molar-refractivity contribution in [2.24, 2.45) is 17.4 Å². The molecular weight excluding hydrogens is 256 g/mol. The molecule has 0 spiro atoms. The van der Waals surface area contributed by atoms with Crippen LogP contribution >= 0.6 is 0 Å². The average molecular weight is 276 g/mol. The molecule has 6 heteroatoms. The quantitative estimate of drug-likeness (QED) is 0.695. The van der Waals surface area contributed by atoms with Gasteiger partial charge in [0.15, 0.2) is 0 Å². The standard InChI is InChI=1S/C14H20N4O2/c1-8-5-6-9(13(16)19)7-18(8)12-10(14(17)20)3-2-4-11(12)15/h2-4,8-9H,5-7,15H2,1H3,(H2,16,19)(H2,17,20). The van der Waals surface area contributed by atoms with Crippen molar-refractivity contribution < 1.29 is 9.59 Å². The van der Waals surface area contributed by atoms with E-state index in [1.165, 1.54) is 0 Å². The van der Waals surface area contributed by atoms with E-state index < -0.39 is 5.91 Å². The Labute approximate surface area is 117 Å². The second-order valence-corrected chi connectivity index (χ2v) is 5.29. The van der Waals surface area contributed by atoms with Gasteiger partial charge >= 0.3 is 0 Å². The number of piperidine rings is 1. The van der Waals surface area contributed by atoms with E-state index in [4.69, 9.17) is 17.2 Å². The molecule has 108 valence electrons. The monoisotopic (exact) mass is 276 g/mol. The normalized spacial score (nSPS) is 22.6. The Morgan fingerprint density at radius 1 is 1.25 bits per heavy atom. The lowest BCUT2D eigenvalue weighted by Gasteiger charge is -2.39. The van der Waals surface area contributed by atoms with E-state index in [0.717, 1.165) is 12.8 Å². The van der Waals surface area contributed by atoms with E-state index in [-0.39, 0.29) is 17.9 Å². The summed E-state index contributed by atoms with van der Waals surface area (Å²) in [6.45, 7) is 2.50. The van der Waals surface area contributed by atoms with Crippen LogP contribution in [0.2, 0.25) is 0 Å². The molecule has 6 nitrogen and oxygen atoms in total. The Bertz CT molecular complexity index is 544.